The summed E-state index contributed by atoms with van der Waals surface area (Å²) in [6, 6.07) is 0. The van der Waals surface area contributed by atoms with E-state index in [0.29, 0.717) is 11.7 Å². The fourth-order valence-electron chi connectivity index (χ4n) is 1.07. The lowest BCUT2D eigenvalue weighted by Crippen LogP contribution is -2.32. The van der Waals surface area contributed by atoms with E-state index in [-0.39, 0.29) is 5.84 Å². The summed E-state index contributed by atoms with van der Waals surface area (Å²) in [6.07, 6.45) is 4.68. The molecule has 2 heterocycles. The van der Waals surface area contributed by atoms with Gasteiger partial charge in [-0.1, -0.05) is 0 Å². The first kappa shape index (κ1) is 9.38. The van der Waals surface area contributed by atoms with E-state index in [2.05, 4.69) is 30.8 Å². The molecule has 4 N–H and O–H groups in total. The first-order valence-corrected chi connectivity index (χ1v) is 4.50. The second kappa shape index (κ2) is 4.36. The van der Waals surface area contributed by atoms with Crippen LogP contribution < -0.4 is 16.5 Å². The summed E-state index contributed by atoms with van der Waals surface area (Å²) in [4.78, 5) is 12.0. The number of rotatable bonds is 2. The van der Waals surface area contributed by atoms with Crippen LogP contribution in [0.5, 0.6) is 0 Å². The standard InChI is InChI=1S/C8H11N7/c9-7(6-5-10-1-2-11-6)14-15-8-12-3-4-13-8/h1-2,5H,3-4H2,(H2,9,14)(H2,12,13,15). The van der Waals surface area contributed by atoms with Crippen LogP contribution in [0, 0.1) is 0 Å². The average molecular weight is 205 g/mol. The molecule has 7 heteroatoms. The number of hydrazone groups is 1. The van der Waals surface area contributed by atoms with Gasteiger partial charge in [0.2, 0.25) is 5.96 Å². The van der Waals surface area contributed by atoms with Crippen molar-refractivity contribution < 1.29 is 0 Å². The smallest absolute Gasteiger partial charge is 0.212 e. The molecule has 0 atom stereocenters. The summed E-state index contributed by atoms with van der Waals surface area (Å²) in [5, 5.41) is 6.93. The summed E-state index contributed by atoms with van der Waals surface area (Å²) in [5.41, 5.74) is 8.92. The minimum Gasteiger partial charge on any atom is -0.380 e. The Hall–Kier alpha value is -2.18. The molecule has 0 amide bonds. The topological polar surface area (TPSA) is 101 Å². The van der Waals surface area contributed by atoms with E-state index in [0.717, 1.165) is 13.1 Å². The normalized spacial score (nSPS) is 15.7. The van der Waals surface area contributed by atoms with E-state index in [4.69, 9.17) is 5.73 Å². The van der Waals surface area contributed by atoms with Gasteiger partial charge in [0.1, 0.15) is 5.69 Å². The number of nitrogens with two attached hydrogens (primary N) is 1. The molecule has 1 aromatic heterocycles. The molecule has 0 unspecified atom stereocenters. The zero-order valence-electron chi connectivity index (χ0n) is 8.01. The molecule has 1 aliphatic rings. The van der Waals surface area contributed by atoms with Crippen molar-refractivity contribution in [2.75, 3.05) is 13.1 Å². The molecular formula is C8H11N7. The Morgan fingerprint density at radius 2 is 2.47 bits per heavy atom. The maximum Gasteiger partial charge on any atom is 0.212 e. The minimum atomic E-state index is 0.277. The second-order valence-electron chi connectivity index (χ2n) is 2.86. The van der Waals surface area contributed by atoms with Gasteiger partial charge in [0.25, 0.3) is 0 Å². The van der Waals surface area contributed by atoms with Crippen molar-refractivity contribution in [1.82, 2.24) is 20.7 Å². The van der Waals surface area contributed by atoms with Gasteiger partial charge in [0, 0.05) is 18.9 Å². The first-order chi connectivity index (χ1) is 7.36. The number of amidine groups is 1. The Labute approximate surface area is 86.5 Å². The third kappa shape index (κ3) is 2.39. The fraction of sp³-hybridized carbons (Fsp3) is 0.250. The number of guanidine groups is 1. The molecule has 78 valence electrons. The van der Waals surface area contributed by atoms with Crippen LogP contribution in [0.25, 0.3) is 0 Å². The largest absolute Gasteiger partial charge is 0.380 e. The number of nitrogens with one attached hydrogen (secondary N) is 2. The van der Waals surface area contributed by atoms with Gasteiger partial charge in [-0.3, -0.25) is 4.98 Å². The van der Waals surface area contributed by atoms with Crippen molar-refractivity contribution >= 4 is 11.8 Å². The van der Waals surface area contributed by atoms with Crippen LogP contribution in [0.2, 0.25) is 0 Å². The van der Waals surface area contributed by atoms with Crippen LogP contribution in [-0.2, 0) is 0 Å². The van der Waals surface area contributed by atoms with Crippen LogP contribution in [0.4, 0.5) is 0 Å². The number of nitrogens with zero attached hydrogens (tertiary/aromatic N) is 4. The molecule has 0 bridgehead atoms. The van der Waals surface area contributed by atoms with Crippen LogP contribution in [0.1, 0.15) is 5.69 Å². The summed E-state index contributed by atoms with van der Waals surface area (Å²) in [6.45, 7) is 1.58. The lowest BCUT2D eigenvalue weighted by molar-refractivity contribution is 0.914. The Balaban J connectivity index is 2.01. The Kier molecular flexibility index (Phi) is 2.72. The van der Waals surface area contributed by atoms with Gasteiger partial charge >= 0.3 is 0 Å². The SMILES string of the molecule is N/C(=N\NC1=NCCN1)c1cnccn1. The van der Waals surface area contributed by atoms with E-state index >= 15 is 0 Å². The van der Waals surface area contributed by atoms with Gasteiger partial charge in [-0.2, -0.15) is 5.10 Å². The van der Waals surface area contributed by atoms with Gasteiger partial charge < -0.3 is 11.1 Å². The number of hydrogen-bond acceptors (Lipinski definition) is 6. The van der Waals surface area contributed by atoms with E-state index in [1.807, 2.05) is 0 Å². The lowest BCUT2D eigenvalue weighted by atomic mass is 10.4. The second-order valence-corrected chi connectivity index (χ2v) is 2.86. The van der Waals surface area contributed by atoms with Gasteiger partial charge in [0.15, 0.2) is 5.84 Å². The highest BCUT2D eigenvalue weighted by Crippen LogP contribution is 1.88. The Morgan fingerprint density at radius 3 is 3.13 bits per heavy atom. The molecule has 0 saturated carbocycles. The van der Waals surface area contributed by atoms with Gasteiger partial charge in [-0.05, 0) is 0 Å². The average Bonchev–Trinajstić information content (AvgIpc) is 2.80. The Bertz CT molecular complexity index is 383. The number of aromatic nitrogens is 2. The number of hydrogen-bond donors (Lipinski definition) is 3. The monoisotopic (exact) mass is 205 g/mol. The molecule has 2 rings (SSSR count). The highest BCUT2D eigenvalue weighted by molar-refractivity contribution is 5.96. The van der Waals surface area contributed by atoms with Crippen LogP contribution >= 0.6 is 0 Å². The summed E-state index contributed by atoms with van der Waals surface area (Å²) < 4.78 is 0. The summed E-state index contributed by atoms with van der Waals surface area (Å²) in [5.74, 6) is 0.904. The highest BCUT2D eigenvalue weighted by atomic mass is 15.4. The van der Waals surface area contributed by atoms with E-state index in [9.17, 15) is 0 Å². The predicted octanol–water partition coefficient (Wildman–Crippen LogP) is -1.35. The summed E-state index contributed by atoms with van der Waals surface area (Å²) in [7, 11) is 0. The third-order valence-corrected chi connectivity index (χ3v) is 1.78. The van der Waals surface area contributed by atoms with Gasteiger partial charge in [-0.25, -0.2) is 15.4 Å². The molecular weight excluding hydrogens is 194 g/mol. The maximum atomic E-state index is 5.68. The van der Waals surface area contributed by atoms with Crippen molar-refractivity contribution in [3.05, 3.63) is 24.3 Å². The van der Waals surface area contributed by atoms with Crippen molar-refractivity contribution in [3.8, 4) is 0 Å². The molecule has 1 aromatic rings. The summed E-state index contributed by atoms with van der Waals surface area (Å²) >= 11 is 0. The van der Waals surface area contributed by atoms with Crippen molar-refractivity contribution in [1.29, 1.82) is 0 Å². The minimum absolute atomic E-state index is 0.277. The molecule has 0 saturated heterocycles. The van der Waals surface area contributed by atoms with E-state index in [1.54, 1.807) is 18.6 Å². The predicted molar refractivity (Wildman–Crippen MR) is 56.2 cm³/mol. The van der Waals surface area contributed by atoms with Crippen LogP contribution in [-0.4, -0.2) is 34.9 Å². The zero-order chi connectivity index (χ0) is 10.5. The molecule has 0 fully saturated rings. The lowest BCUT2D eigenvalue weighted by Gasteiger charge is -2.01. The zero-order valence-corrected chi connectivity index (χ0v) is 8.01. The first-order valence-electron chi connectivity index (χ1n) is 4.50. The molecule has 0 aromatic carbocycles. The number of aliphatic imine (C=N–C) groups is 1. The van der Waals surface area contributed by atoms with Crippen LogP contribution in [0.15, 0.2) is 28.7 Å². The molecule has 0 spiro atoms. The van der Waals surface area contributed by atoms with Gasteiger partial charge in [0.05, 0.1) is 12.7 Å². The quantitative estimate of drug-likeness (QED) is 0.315. The maximum absolute atomic E-state index is 5.68. The molecule has 15 heavy (non-hydrogen) atoms. The van der Waals surface area contributed by atoms with Crippen molar-refractivity contribution in [2.45, 2.75) is 0 Å². The fourth-order valence-corrected chi connectivity index (χ4v) is 1.07. The van der Waals surface area contributed by atoms with E-state index < -0.39 is 0 Å². The van der Waals surface area contributed by atoms with Crippen molar-refractivity contribution in [2.24, 2.45) is 15.8 Å². The van der Waals surface area contributed by atoms with E-state index in [1.165, 1.54) is 0 Å². The highest BCUT2D eigenvalue weighted by Gasteiger charge is 2.04. The molecule has 0 aliphatic carbocycles. The molecule has 7 nitrogen and oxygen atoms in total. The van der Waals surface area contributed by atoms with Crippen molar-refractivity contribution in [3.63, 3.8) is 0 Å². The van der Waals surface area contributed by atoms with Gasteiger partial charge in [-0.15, -0.1) is 0 Å². The Morgan fingerprint density at radius 1 is 1.53 bits per heavy atom. The third-order valence-electron chi connectivity index (χ3n) is 1.78. The molecule has 0 radical (unpaired) electrons. The van der Waals surface area contributed by atoms with Crippen LogP contribution in [0.3, 0.4) is 0 Å². The molecule has 1 aliphatic heterocycles.